The van der Waals surface area contributed by atoms with Crippen molar-refractivity contribution in [3.05, 3.63) is 34.2 Å². The zero-order valence-electron chi connectivity index (χ0n) is 10.8. The minimum Gasteiger partial charge on any atom is -0.310 e. The Morgan fingerprint density at radius 1 is 1.22 bits per heavy atom. The molecule has 0 spiro atoms. The van der Waals surface area contributed by atoms with E-state index in [1.165, 1.54) is 17.0 Å². The van der Waals surface area contributed by atoms with Crippen LogP contribution in [0.1, 0.15) is 31.2 Å². The standard InChI is InChI=1S/C14H17F2NS/c1-4-9-10-5-11(15)12(16)6-13(10)18-14(9)7-17-8(2)3/h5-6,8,17H,4,7H2,1-3H3. The van der Waals surface area contributed by atoms with Gasteiger partial charge in [0.15, 0.2) is 11.6 Å². The zero-order valence-corrected chi connectivity index (χ0v) is 11.6. The molecule has 1 nitrogen and oxygen atoms in total. The first kappa shape index (κ1) is 13.4. The molecule has 2 aromatic rings. The molecule has 1 N–H and O–H groups in total. The monoisotopic (exact) mass is 269 g/mol. The lowest BCUT2D eigenvalue weighted by molar-refractivity contribution is 0.511. The summed E-state index contributed by atoms with van der Waals surface area (Å²) in [5.74, 6) is -1.53. The van der Waals surface area contributed by atoms with Crippen LogP contribution in [-0.2, 0) is 13.0 Å². The van der Waals surface area contributed by atoms with Crippen LogP contribution in [-0.4, -0.2) is 6.04 Å². The highest BCUT2D eigenvalue weighted by Gasteiger charge is 2.14. The lowest BCUT2D eigenvalue weighted by Gasteiger charge is -2.07. The Hall–Kier alpha value is -1.00. The van der Waals surface area contributed by atoms with Crippen LogP contribution in [0.15, 0.2) is 12.1 Å². The summed E-state index contributed by atoms with van der Waals surface area (Å²) in [5.41, 5.74) is 1.13. The molecule has 0 radical (unpaired) electrons. The van der Waals surface area contributed by atoms with Crippen molar-refractivity contribution in [1.29, 1.82) is 0 Å². The summed E-state index contributed by atoms with van der Waals surface area (Å²) in [4.78, 5) is 1.17. The van der Waals surface area contributed by atoms with Gasteiger partial charge in [-0.2, -0.15) is 0 Å². The third-order valence-corrected chi connectivity index (χ3v) is 4.14. The van der Waals surface area contributed by atoms with Gasteiger partial charge in [-0.1, -0.05) is 20.8 Å². The molecule has 98 valence electrons. The number of aryl methyl sites for hydroxylation is 1. The molecule has 0 atom stereocenters. The molecule has 0 saturated carbocycles. The molecule has 0 aliphatic heterocycles. The van der Waals surface area contributed by atoms with Gasteiger partial charge in [0.2, 0.25) is 0 Å². The number of hydrogen-bond acceptors (Lipinski definition) is 2. The summed E-state index contributed by atoms with van der Waals surface area (Å²) in [7, 11) is 0. The molecule has 0 bridgehead atoms. The van der Waals surface area contributed by atoms with Gasteiger partial charge in [0.05, 0.1) is 0 Å². The summed E-state index contributed by atoms with van der Waals surface area (Å²) in [6.45, 7) is 6.96. The summed E-state index contributed by atoms with van der Waals surface area (Å²) < 4.78 is 27.4. The van der Waals surface area contributed by atoms with Gasteiger partial charge in [-0.3, -0.25) is 0 Å². The predicted molar refractivity (Wildman–Crippen MR) is 73.1 cm³/mol. The van der Waals surface area contributed by atoms with Crippen LogP contribution in [0.4, 0.5) is 8.78 Å². The van der Waals surface area contributed by atoms with Gasteiger partial charge in [0, 0.05) is 22.2 Å². The van der Waals surface area contributed by atoms with Crippen molar-refractivity contribution in [2.24, 2.45) is 0 Å². The molecule has 2 rings (SSSR count). The van der Waals surface area contributed by atoms with E-state index in [9.17, 15) is 8.78 Å². The van der Waals surface area contributed by atoms with E-state index in [1.54, 1.807) is 11.3 Å². The van der Waals surface area contributed by atoms with Crippen LogP contribution in [0.25, 0.3) is 10.1 Å². The van der Waals surface area contributed by atoms with Crippen molar-refractivity contribution in [2.45, 2.75) is 39.8 Å². The lowest BCUT2D eigenvalue weighted by atomic mass is 10.1. The number of benzene rings is 1. The number of hydrogen-bond donors (Lipinski definition) is 1. The van der Waals surface area contributed by atoms with Gasteiger partial charge >= 0.3 is 0 Å². The van der Waals surface area contributed by atoms with Crippen molar-refractivity contribution in [3.8, 4) is 0 Å². The Morgan fingerprint density at radius 2 is 1.89 bits per heavy atom. The first-order chi connectivity index (χ1) is 8.52. The maximum absolute atomic E-state index is 13.3. The van der Waals surface area contributed by atoms with Crippen LogP contribution < -0.4 is 5.32 Å². The Balaban J connectivity index is 2.47. The van der Waals surface area contributed by atoms with E-state index in [0.717, 1.165) is 28.6 Å². The maximum atomic E-state index is 13.3. The molecule has 1 heterocycles. The Bertz CT molecular complexity index is 560. The smallest absolute Gasteiger partial charge is 0.160 e. The molecule has 0 aliphatic rings. The van der Waals surface area contributed by atoms with Crippen LogP contribution in [0, 0.1) is 11.6 Å². The van der Waals surface area contributed by atoms with Crippen molar-refractivity contribution in [2.75, 3.05) is 0 Å². The molecular weight excluding hydrogens is 252 g/mol. The molecule has 18 heavy (non-hydrogen) atoms. The molecular formula is C14H17F2NS. The second-order valence-electron chi connectivity index (χ2n) is 4.66. The van der Waals surface area contributed by atoms with E-state index in [-0.39, 0.29) is 0 Å². The summed E-state index contributed by atoms with van der Waals surface area (Å²) >= 11 is 1.54. The van der Waals surface area contributed by atoms with E-state index < -0.39 is 11.6 Å². The summed E-state index contributed by atoms with van der Waals surface area (Å²) in [5, 5.41) is 4.20. The van der Waals surface area contributed by atoms with Gasteiger partial charge in [0.1, 0.15) is 0 Å². The van der Waals surface area contributed by atoms with Crippen LogP contribution in [0.2, 0.25) is 0 Å². The zero-order chi connectivity index (χ0) is 13.3. The lowest BCUT2D eigenvalue weighted by Crippen LogP contribution is -2.21. The average molecular weight is 269 g/mol. The summed E-state index contributed by atoms with van der Waals surface area (Å²) in [6.07, 6.45) is 0.834. The molecule has 4 heteroatoms. The third kappa shape index (κ3) is 2.54. The molecule has 1 aromatic heterocycles. The van der Waals surface area contributed by atoms with Crippen LogP contribution in [0.3, 0.4) is 0 Å². The Labute approximate surface area is 110 Å². The van der Waals surface area contributed by atoms with Crippen LogP contribution in [0.5, 0.6) is 0 Å². The first-order valence-electron chi connectivity index (χ1n) is 6.15. The summed E-state index contributed by atoms with van der Waals surface area (Å²) in [6, 6.07) is 3.01. The fourth-order valence-corrected chi connectivity index (χ4v) is 3.27. The Kier molecular flexibility index (Phi) is 3.97. The molecule has 0 saturated heterocycles. The highest BCUT2D eigenvalue weighted by Crippen LogP contribution is 2.33. The van der Waals surface area contributed by atoms with Crippen molar-refractivity contribution >= 4 is 21.4 Å². The topological polar surface area (TPSA) is 12.0 Å². The van der Waals surface area contributed by atoms with Gasteiger partial charge in [0.25, 0.3) is 0 Å². The quantitative estimate of drug-likeness (QED) is 0.875. The second-order valence-corrected chi connectivity index (χ2v) is 5.79. The second kappa shape index (κ2) is 5.33. The molecule has 1 aromatic carbocycles. The molecule has 0 unspecified atom stereocenters. The highest BCUT2D eigenvalue weighted by molar-refractivity contribution is 7.19. The van der Waals surface area contributed by atoms with E-state index in [0.29, 0.717) is 6.04 Å². The van der Waals surface area contributed by atoms with Gasteiger partial charge < -0.3 is 5.32 Å². The normalized spacial score (nSPS) is 11.7. The van der Waals surface area contributed by atoms with Gasteiger partial charge in [-0.15, -0.1) is 11.3 Å². The number of thiophene rings is 1. The largest absolute Gasteiger partial charge is 0.310 e. The minimum atomic E-state index is -0.769. The minimum absolute atomic E-state index is 0.397. The SMILES string of the molecule is CCc1c(CNC(C)C)sc2cc(F)c(F)cc12. The van der Waals surface area contributed by atoms with Gasteiger partial charge in [-0.25, -0.2) is 8.78 Å². The van der Waals surface area contributed by atoms with E-state index in [4.69, 9.17) is 0 Å². The molecule has 0 aliphatic carbocycles. The maximum Gasteiger partial charge on any atom is 0.160 e. The van der Waals surface area contributed by atoms with Crippen LogP contribution >= 0.6 is 11.3 Å². The number of nitrogens with one attached hydrogen (secondary N) is 1. The van der Waals surface area contributed by atoms with Crippen molar-refractivity contribution in [1.82, 2.24) is 5.32 Å². The van der Waals surface area contributed by atoms with Gasteiger partial charge in [-0.05, 0) is 29.5 Å². The van der Waals surface area contributed by atoms with Crippen molar-refractivity contribution in [3.63, 3.8) is 0 Å². The number of fused-ring (bicyclic) bond motifs is 1. The van der Waals surface area contributed by atoms with E-state index >= 15 is 0 Å². The number of rotatable bonds is 4. The van der Waals surface area contributed by atoms with E-state index in [1.807, 2.05) is 6.92 Å². The fraction of sp³-hybridized carbons (Fsp3) is 0.429. The van der Waals surface area contributed by atoms with E-state index in [2.05, 4.69) is 19.2 Å². The third-order valence-electron chi connectivity index (χ3n) is 2.94. The first-order valence-corrected chi connectivity index (χ1v) is 6.97. The fourth-order valence-electron chi connectivity index (χ4n) is 2.02. The number of halogens is 2. The predicted octanol–water partition coefficient (Wildman–Crippen LogP) is 4.24. The molecule has 0 amide bonds. The Morgan fingerprint density at radius 3 is 2.50 bits per heavy atom. The highest BCUT2D eigenvalue weighted by atomic mass is 32.1. The average Bonchev–Trinajstić information content (AvgIpc) is 2.64. The molecule has 0 fully saturated rings. The van der Waals surface area contributed by atoms with Crippen molar-refractivity contribution < 1.29 is 8.78 Å².